The Balaban J connectivity index is 1.91. The molecule has 1 amide bonds. The molecule has 2 aromatic carbocycles. The maximum Gasteiger partial charge on any atom is 0.250 e. The first-order valence-electron chi connectivity index (χ1n) is 7.00. The van der Waals surface area contributed by atoms with Gasteiger partial charge in [-0.25, -0.2) is 0 Å². The molecule has 116 valence electrons. The third-order valence-electron chi connectivity index (χ3n) is 3.23. The van der Waals surface area contributed by atoms with Gasteiger partial charge in [0.25, 0.3) is 5.91 Å². The molecular weight excluding hydrogens is 280 g/mol. The molecule has 0 aliphatic carbocycles. The molecule has 5 nitrogen and oxygen atoms in total. The second-order valence-electron chi connectivity index (χ2n) is 4.87. The van der Waals surface area contributed by atoms with E-state index >= 15 is 0 Å². The molecule has 1 unspecified atom stereocenters. The molecule has 1 atom stereocenters. The van der Waals surface area contributed by atoms with Gasteiger partial charge in [0, 0.05) is 11.8 Å². The number of carbonyl (C=O) groups is 1. The second kappa shape index (κ2) is 7.47. The van der Waals surface area contributed by atoms with Crippen molar-refractivity contribution in [3.8, 4) is 5.75 Å². The number of rotatable bonds is 6. The van der Waals surface area contributed by atoms with E-state index in [-0.39, 0.29) is 18.6 Å². The first-order valence-corrected chi connectivity index (χ1v) is 7.00. The van der Waals surface area contributed by atoms with Gasteiger partial charge in [0.05, 0.1) is 18.9 Å². The Morgan fingerprint density at radius 2 is 1.95 bits per heavy atom. The van der Waals surface area contributed by atoms with Crippen LogP contribution in [-0.4, -0.2) is 19.6 Å². The van der Waals surface area contributed by atoms with Crippen molar-refractivity contribution in [1.82, 2.24) is 0 Å². The van der Waals surface area contributed by atoms with Gasteiger partial charge in [0.2, 0.25) is 0 Å². The first-order chi connectivity index (χ1) is 10.6. The predicted molar refractivity (Wildman–Crippen MR) is 86.8 cm³/mol. The van der Waals surface area contributed by atoms with Crippen LogP contribution >= 0.6 is 0 Å². The SMILES string of the molecule is COc1cc(N)ccc1NC(=O)COC(C)c1ccccc1. The average Bonchev–Trinajstić information content (AvgIpc) is 2.55. The standard InChI is InChI=1S/C17H20N2O3/c1-12(13-6-4-3-5-7-13)22-11-17(20)19-15-9-8-14(18)10-16(15)21-2/h3-10,12H,11,18H2,1-2H3,(H,19,20). The van der Waals surface area contributed by atoms with E-state index in [1.807, 2.05) is 37.3 Å². The number of amides is 1. The minimum Gasteiger partial charge on any atom is -0.494 e. The monoisotopic (exact) mass is 300 g/mol. The van der Waals surface area contributed by atoms with Crippen LogP contribution in [0, 0.1) is 0 Å². The molecule has 3 N–H and O–H groups in total. The third-order valence-corrected chi connectivity index (χ3v) is 3.23. The van der Waals surface area contributed by atoms with Crippen molar-refractivity contribution in [2.75, 3.05) is 24.8 Å². The smallest absolute Gasteiger partial charge is 0.250 e. The Morgan fingerprint density at radius 1 is 1.23 bits per heavy atom. The molecule has 0 aliphatic rings. The zero-order valence-electron chi connectivity index (χ0n) is 12.7. The fourth-order valence-electron chi connectivity index (χ4n) is 2.02. The van der Waals surface area contributed by atoms with Gasteiger partial charge < -0.3 is 20.5 Å². The lowest BCUT2D eigenvalue weighted by Crippen LogP contribution is -2.19. The van der Waals surface area contributed by atoms with E-state index in [1.54, 1.807) is 18.2 Å². The number of hydrogen-bond acceptors (Lipinski definition) is 4. The van der Waals surface area contributed by atoms with Crippen LogP contribution in [-0.2, 0) is 9.53 Å². The largest absolute Gasteiger partial charge is 0.494 e. The summed E-state index contributed by atoms with van der Waals surface area (Å²) in [6, 6.07) is 14.8. The van der Waals surface area contributed by atoms with Gasteiger partial charge in [-0.15, -0.1) is 0 Å². The summed E-state index contributed by atoms with van der Waals surface area (Å²) in [6.07, 6.45) is -0.153. The van der Waals surface area contributed by atoms with Crippen molar-refractivity contribution in [2.24, 2.45) is 0 Å². The minimum absolute atomic E-state index is 0.0381. The van der Waals surface area contributed by atoms with Gasteiger partial charge in [-0.1, -0.05) is 30.3 Å². The Bertz CT molecular complexity index is 629. The quantitative estimate of drug-likeness (QED) is 0.804. The van der Waals surface area contributed by atoms with E-state index in [0.717, 1.165) is 5.56 Å². The number of hydrogen-bond donors (Lipinski definition) is 2. The summed E-state index contributed by atoms with van der Waals surface area (Å²) in [4.78, 5) is 12.0. The van der Waals surface area contributed by atoms with Crippen LogP contribution in [0.4, 0.5) is 11.4 Å². The highest BCUT2D eigenvalue weighted by atomic mass is 16.5. The van der Waals surface area contributed by atoms with E-state index in [4.69, 9.17) is 15.2 Å². The van der Waals surface area contributed by atoms with Crippen LogP contribution in [0.15, 0.2) is 48.5 Å². The van der Waals surface area contributed by atoms with Gasteiger partial charge in [0.15, 0.2) is 0 Å². The minimum atomic E-state index is -0.245. The van der Waals surface area contributed by atoms with Crippen LogP contribution < -0.4 is 15.8 Å². The number of ether oxygens (including phenoxy) is 2. The first kappa shape index (κ1) is 15.9. The van der Waals surface area contributed by atoms with Crippen LogP contribution in [0.1, 0.15) is 18.6 Å². The number of anilines is 2. The Kier molecular flexibility index (Phi) is 5.38. The van der Waals surface area contributed by atoms with E-state index in [0.29, 0.717) is 17.1 Å². The fraction of sp³-hybridized carbons (Fsp3) is 0.235. The molecule has 0 saturated heterocycles. The van der Waals surface area contributed by atoms with Crippen molar-refractivity contribution in [2.45, 2.75) is 13.0 Å². The Hall–Kier alpha value is -2.53. The molecule has 2 rings (SSSR count). The second-order valence-corrected chi connectivity index (χ2v) is 4.87. The summed E-state index contributed by atoms with van der Waals surface area (Å²) >= 11 is 0. The average molecular weight is 300 g/mol. The highest BCUT2D eigenvalue weighted by molar-refractivity contribution is 5.93. The summed E-state index contributed by atoms with van der Waals surface area (Å²) in [6.45, 7) is 1.87. The zero-order chi connectivity index (χ0) is 15.9. The molecule has 2 aromatic rings. The topological polar surface area (TPSA) is 73.6 Å². The van der Waals surface area contributed by atoms with Crippen molar-refractivity contribution < 1.29 is 14.3 Å². The summed E-state index contributed by atoms with van der Waals surface area (Å²) in [5.74, 6) is 0.273. The fourth-order valence-corrected chi connectivity index (χ4v) is 2.02. The van der Waals surface area contributed by atoms with Crippen LogP contribution in [0.3, 0.4) is 0 Å². The highest BCUT2D eigenvalue weighted by Gasteiger charge is 2.11. The van der Waals surface area contributed by atoms with Crippen LogP contribution in [0.25, 0.3) is 0 Å². The molecule has 22 heavy (non-hydrogen) atoms. The molecule has 0 aromatic heterocycles. The van der Waals surface area contributed by atoms with Gasteiger partial charge in [-0.2, -0.15) is 0 Å². The number of nitrogens with one attached hydrogen (secondary N) is 1. The van der Waals surface area contributed by atoms with Crippen molar-refractivity contribution >= 4 is 17.3 Å². The summed E-state index contributed by atoms with van der Waals surface area (Å²) in [5, 5.41) is 2.75. The van der Waals surface area contributed by atoms with E-state index in [9.17, 15) is 4.79 Å². The lowest BCUT2D eigenvalue weighted by molar-refractivity contribution is -0.122. The molecule has 0 bridgehead atoms. The predicted octanol–water partition coefficient (Wildman–Crippen LogP) is 2.99. The molecule has 0 aliphatic heterocycles. The van der Waals surface area contributed by atoms with E-state index in [2.05, 4.69) is 5.32 Å². The number of carbonyl (C=O) groups excluding carboxylic acids is 1. The Morgan fingerprint density at radius 3 is 2.64 bits per heavy atom. The van der Waals surface area contributed by atoms with Crippen molar-refractivity contribution in [3.05, 3.63) is 54.1 Å². The molecule has 0 spiro atoms. The molecule has 0 fully saturated rings. The van der Waals surface area contributed by atoms with Gasteiger partial charge >= 0.3 is 0 Å². The normalized spacial score (nSPS) is 11.7. The van der Waals surface area contributed by atoms with Gasteiger partial charge in [-0.3, -0.25) is 4.79 Å². The zero-order valence-corrected chi connectivity index (χ0v) is 12.7. The van der Waals surface area contributed by atoms with Crippen LogP contribution in [0.2, 0.25) is 0 Å². The van der Waals surface area contributed by atoms with E-state index in [1.165, 1.54) is 7.11 Å². The third kappa shape index (κ3) is 4.23. The summed E-state index contributed by atoms with van der Waals surface area (Å²) in [5.41, 5.74) is 7.85. The molecular formula is C17H20N2O3. The lowest BCUT2D eigenvalue weighted by Gasteiger charge is -2.14. The maximum absolute atomic E-state index is 12.0. The number of benzene rings is 2. The molecule has 0 radical (unpaired) electrons. The van der Waals surface area contributed by atoms with Crippen molar-refractivity contribution in [1.29, 1.82) is 0 Å². The van der Waals surface area contributed by atoms with Gasteiger partial charge in [0.1, 0.15) is 12.4 Å². The number of nitrogen functional groups attached to an aromatic ring is 1. The maximum atomic E-state index is 12.0. The molecule has 5 heteroatoms. The number of methoxy groups -OCH3 is 1. The summed E-state index contributed by atoms with van der Waals surface area (Å²) < 4.78 is 10.8. The Labute approximate surface area is 130 Å². The van der Waals surface area contributed by atoms with Gasteiger partial charge in [-0.05, 0) is 24.6 Å². The molecule has 0 heterocycles. The molecule has 0 saturated carbocycles. The number of nitrogens with two attached hydrogens (primary N) is 1. The van der Waals surface area contributed by atoms with E-state index < -0.39 is 0 Å². The highest BCUT2D eigenvalue weighted by Crippen LogP contribution is 2.26. The summed E-state index contributed by atoms with van der Waals surface area (Å²) in [7, 11) is 1.53. The van der Waals surface area contributed by atoms with Crippen molar-refractivity contribution in [3.63, 3.8) is 0 Å². The lowest BCUT2D eigenvalue weighted by atomic mass is 10.1. The van der Waals surface area contributed by atoms with Crippen LogP contribution in [0.5, 0.6) is 5.75 Å².